The highest BCUT2D eigenvalue weighted by Gasteiger charge is 2.50. The third-order valence-corrected chi connectivity index (χ3v) is 8.46. The molecule has 3 aromatic rings. The molecule has 1 aliphatic carbocycles. The average molecular weight is 677 g/mol. The number of alkyl halides is 3. The highest BCUT2D eigenvalue weighted by atomic mass is 19.3. The van der Waals surface area contributed by atoms with Crippen LogP contribution in [0.4, 0.5) is 13.2 Å². The maximum atomic E-state index is 16.1. The van der Waals surface area contributed by atoms with Crippen molar-refractivity contribution in [1.29, 1.82) is 0 Å². The van der Waals surface area contributed by atoms with Crippen molar-refractivity contribution in [3.8, 4) is 11.1 Å². The second-order valence-corrected chi connectivity index (χ2v) is 12.0. The molecule has 1 N–H and O–H groups in total. The third kappa shape index (κ3) is 8.40. The van der Waals surface area contributed by atoms with E-state index in [0.29, 0.717) is 30.8 Å². The summed E-state index contributed by atoms with van der Waals surface area (Å²) in [7, 11) is 0. The van der Waals surface area contributed by atoms with E-state index in [-0.39, 0.29) is 48.5 Å². The number of hydrogen-bond acceptors (Lipinski definition) is 6. The maximum Gasteiger partial charge on any atom is 0.329 e. The number of benzene rings is 3. The number of fused-ring (bicyclic) bond motifs is 3. The van der Waals surface area contributed by atoms with Crippen molar-refractivity contribution in [2.75, 3.05) is 32.9 Å². The monoisotopic (exact) mass is 676 g/mol. The number of carbonyl (C=O) groups excluding carboxylic acids is 3. The Morgan fingerprint density at radius 1 is 0.959 bits per heavy atom. The fourth-order valence-electron chi connectivity index (χ4n) is 6.03. The second-order valence-electron chi connectivity index (χ2n) is 12.0. The molecule has 258 valence electrons. The molecule has 3 aromatic carbocycles. The topological polar surface area (TPSA) is 94.2 Å². The minimum atomic E-state index is -3.20. The molecule has 0 spiro atoms. The minimum absolute atomic E-state index is 0.0637. The van der Waals surface area contributed by atoms with Crippen LogP contribution in [0.25, 0.3) is 11.1 Å². The number of nitrogens with zero attached hydrogens (tertiary/aromatic N) is 1. The lowest BCUT2D eigenvalue weighted by Crippen LogP contribution is -2.46. The van der Waals surface area contributed by atoms with E-state index in [1.54, 1.807) is 42.5 Å². The lowest BCUT2D eigenvalue weighted by molar-refractivity contribution is -0.154. The van der Waals surface area contributed by atoms with Crippen LogP contribution >= 0.6 is 0 Å². The number of ether oxygens (including phenoxy) is 3. The van der Waals surface area contributed by atoms with Crippen molar-refractivity contribution in [2.45, 2.75) is 50.4 Å². The Hall–Kier alpha value is -4.90. The lowest BCUT2D eigenvalue weighted by Gasteiger charge is -2.23. The van der Waals surface area contributed by atoms with E-state index in [0.717, 1.165) is 10.5 Å². The number of esters is 1. The molecule has 8 nitrogen and oxygen atoms in total. The van der Waals surface area contributed by atoms with Gasteiger partial charge in [-0.2, -0.15) is 8.78 Å². The third-order valence-electron chi connectivity index (χ3n) is 8.46. The van der Waals surface area contributed by atoms with Gasteiger partial charge in [-0.05, 0) is 42.2 Å². The molecular formula is C38H39F3N2O6. The standard InChI is InChI=1S/C38H39F3N2O6/c1-3-48-26(2)12-6-5-11-19-47-25-37(39)21-33(36(46)49-23-27-13-7-4-8-14-27)43(24-37)34(44)22-42-35(45)28-17-18-32-30(20-28)29-15-9-10-16-31(29)38(32,40)41/h4-5,7-11,13-18,20,33H,2-3,6,12,19,21-25H2,1H3,(H,42,45)/b11-5+/t33-,37+/m0/s1. The van der Waals surface area contributed by atoms with Gasteiger partial charge >= 0.3 is 5.97 Å². The van der Waals surface area contributed by atoms with Gasteiger partial charge in [0, 0.05) is 29.5 Å². The lowest BCUT2D eigenvalue weighted by atomic mass is 10.0. The van der Waals surface area contributed by atoms with Gasteiger partial charge in [0.15, 0.2) is 5.67 Å². The molecule has 49 heavy (non-hydrogen) atoms. The van der Waals surface area contributed by atoms with E-state index >= 15 is 4.39 Å². The highest BCUT2D eigenvalue weighted by Crippen LogP contribution is 2.50. The number of nitrogens with one attached hydrogen (secondary N) is 1. The van der Waals surface area contributed by atoms with Gasteiger partial charge in [0.05, 0.1) is 38.7 Å². The zero-order valence-electron chi connectivity index (χ0n) is 27.3. The Labute approximate surface area is 283 Å². The molecule has 5 rings (SSSR count). The van der Waals surface area contributed by atoms with E-state index in [2.05, 4.69) is 11.9 Å². The van der Waals surface area contributed by atoms with Crippen LogP contribution in [0.15, 0.2) is 97.3 Å². The molecule has 1 aliphatic heterocycles. The highest BCUT2D eigenvalue weighted by molar-refractivity contribution is 5.99. The van der Waals surface area contributed by atoms with Gasteiger partial charge in [-0.3, -0.25) is 9.59 Å². The molecule has 0 aromatic heterocycles. The van der Waals surface area contributed by atoms with Crippen LogP contribution in [0.1, 0.15) is 53.2 Å². The van der Waals surface area contributed by atoms with Crippen molar-refractivity contribution in [1.82, 2.24) is 10.2 Å². The van der Waals surface area contributed by atoms with Crippen LogP contribution in [0.3, 0.4) is 0 Å². The van der Waals surface area contributed by atoms with Crippen molar-refractivity contribution >= 4 is 17.8 Å². The summed E-state index contributed by atoms with van der Waals surface area (Å²) in [4.78, 5) is 40.8. The first-order valence-electron chi connectivity index (χ1n) is 16.1. The number of allylic oxidation sites excluding steroid dienone is 2. The van der Waals surface area contributed by atoms with E-state index in [9.17, 15) is 23.2 Å². The van der Waals surface area contributed by atoms with Crippen LogP contribution in [-0.2, 0) is 36.3 Å². The number of carbonyl (C=O) groups is 3. The molecule has 2 amide bonds. The Morgan fingerprint density at radius 3 is 2.47 bits per heavy atom. The van der Waals surface area contributed by atoms with Gasteiger partial charge in [0.1, 0.15) is 12.6 Å². The molecular weight excluding hydrogens is 637 g/mol. The zero-order chi connectivity index (χ0) is 35.0. The molecule has 2 atom stereocenters. The van der Waals surface area contributed by atoms with Gasteiger partial charge in [0.2, 0.25) is 5.91 Å². The van der Waals surface area contributed by atoms with Gasteiger partial charge in [-0.15, -0.1) is 0 Å². The van der Waals surface area contributed by atoms with Gasteiger partial charge in [0.25, 0.3) is 11.8 Å². The summed E-state index contributed by atoms with van der Waals surface area (Å²) in [5.74, 6) is -4.69. The van der Waals surface area contributed by atoms with Crippen molar-refractivity contribution < 1.29 is 41.8 Å². The number of halogens is 3. The Morgan fingerprint density at radius 2 is 1.69 bits per heavy atom. The summed E-state index contributed by atoms with van der Waals surface area (Å²) in [6.45, 7) is 4.93. The molecule has 1 fully saturated rings. The Balaban J connectivity index is 1.22. The zero-order valence-corrected chi connectivity index (χ0v) is 27.3. The summed E-state index contributed by atoms with van der Waals surface area (Å²) in [6.07, 6.45) is 4.60. The largest absolute Gasteiger partial charge is 0.499 e. The number of rotatable bonds is 15. The van der Waals surface area contributed by atoms with Crippen LogP contribution < -0.4 is 5.32 Å². The summed E-state index contributed by atoms with van der Waals surface area (Å²) in [6, 6.07) is 17.6. The smallest absolute Gasteiger partial charge is 0.329 e. The normalized spacial score (nSPS) is 18.9. The second kappa shape index (κ2) is 15.5. The van der Waals surface area contributed by atoms with Gasteiger partial charge < -0.3 is 24.4 Å². The van der Waals surface area contributed by atoms with E-state index in [1.807, 2.05) is 19.1 Å². The average Bonchev–Trinajstić information content (AvgIpc) is 3.57. The molecule has 0 unspecified atom stereocenters. The van der Waals surface area contributed by atoms with Crippen LogP contribution in [0.5, 0.6) is 0 Å². The van der Waals surface area contributed by atoms with E-state index in [1.165, 1.54) is 30.3 Å². The van der Waals surface area contributed by atoms with Crippen LogP contribution in [0, 0.1) is 0 Å². The first-order valence-corrected chi connectivity index (χ1v) is 16.1. The molecule has 0 saturated carbocycles. The summed E-state index contributed by atoms with van der Waals surface area (Å²) in [5.41, 5.74) is -1.05. The molecule has 0 bridgehead atoms. The molecule has 11 heteroatoms. The minimum Gasteiger partial charge on any atom is -0.499 e. The summed E-state index contributed by atoms with van der Waals surface area (Å²) >= 11 is 0. The number of hydrogen-bond donors (Lipinski definition) is 1. The molecule has 0 radical (unpaired) electrons. The van der Waals surface area contributed by atoms with Crippen LogP contribution in [0.2, 0.25) is 0 Å². The predicted octanol–water partition coefficient (Wildman–Crippen LogP) is 6.49. The summed E-state index contributed by atoms with van der Waals surface area (Å²) < 4.78 is 62.4. The predicted molar refractivity (Wildman–Crippen MR) is 177 cm³/mol. The quantitative estimate of drug-likeness (QED) is 0.0856. The van der Waals surface area contributed by atoms with E-state index in [4.69, 9.17) is 14.2 Å². The molecule has 2 aliphatic rings. The fraction of sp³-hybridized carbons (Fsp3) is 0.342. The van der Waals surface area contributed by atoms with Crippen molar-refractivity contribution in [3.05, 3.63) is 120 Å². The first kappa shape index (κ1) is 35.4. The molecule has 1 heterocycles. The number of likely N-dealkylation sites (tertiary alicyclic amines) is 1. The summed E-state index contributed by atoms with van der Waals surface area (Å²) in [5, 5.41) is 2.50. The number of amides is 2. The maximum absolute atomic E-state index is 16.1. The SMILES string of the molecule is C=C(CC/C=C/COC[C@@]1(F)C[C@@H](C(=O)OCc2ccccc2)N(C(=O)CNC(=O)c2ccc3c(c2)-c2ccccc2C3(F)F)C1)OCC. The fourth-order valence-corrected chi connectivity index (χ4v) is 6.03. The van der Waals surface area contributed by atoms with Crippen molar-refractivity contribution in [3.63, 3.8) is 0 Å². The van der Waals surface area contributed by atoms with Crippen LogP contribution in [-0.4, -0.2) is 67.3 Å². The molecule has 1 saturated heterocycles. The Kier molecular flexibility index (Phi) is 11.2. The van der Waals surface area contributed by atoms with Crippen molar-refractivity contribution in [2.24, 2.45) is 0 Å². The first-order chi connectivity index (χ1) is 23.5. The van der Waals surface area contributed by atoms with E-state index < -0.39 is 48.5 Å². The Bertz CT molecular complexity index is 1710. The van der Waals surface area contributed by atoms with Gasteiger partial charge in [-0.1, -0.05) is 79.4 Å². The van der Waals surface area contributed by atoms with Gasteiger partial charge in [-0.25, -0.2) is 9.18 Å².